The number of anilines is 1. The summed E-state index contributed by atoms with van der Waals surface area (Å²) >= 11 is 17.8. The van der Waals surface area contributed by atoms with Crippen molar-refractivity contribution in [2.75, 3.05) is 18.5 Å². The minimum absolute atomic E-state index is 0.0831. The third-order valence-electron chi connectivity index (χ3n) is 4.66. The lowest BCUT2D eigenvalue weighted by Gasteiger charge is -2.31. The summed E-state index contributed by atoms with van der Waals surface area (Å²) in [5.74, 6) is -0.330. The number of nitrogens with one attached hydrogen (secondary N) is 2. The van der Waals surface area contributed by atoms with Gasteiger partial charge < -0.3 is 0 Å². The molecule has 156 valence electrons. The van der Waals surface area contributed by atoms with Gasteiger partial charge in [-0.3, -0.25) is 15.6 Å². The van der Waals surface area contributed by atoms with E-state index in [4.69, 9.17) is 34.8 Å². The number of benzene rings is 2. The number of nitrogens with zero attached hydrogens (tertiary/aromatic N) is 1. The fourth-order valence-corrected chi connectivity index (χ4v) is 5.54. The lowest BCUT2D eigenvalue weighted by Crippen LogP contribution is -2.41. The average Bonchev–Trinajstić information content (AvgIpc) is 2.67. The third kappa shape index (κ3) is 5.77. The van der Waals surface area contributed by atoms with Crippen LogP contribution in [-0.4, -0.2) is 31.7 Å². The molecule has 29 heavy (non-hydrogen) atoms. The summed E-state index contributed by atoms with van der Waals surface area (Å²) in [5, 5.41) is 1.25. The van der Waals surface area contributed by atoms with Crippen LogP contribution >= 0.6 is 34.8 Å². The second-order valence-electron chi connectivity index (χ2n) is 6.83. The first-order chi connectivity index (χ1) is 13.8. The van der Waals surface area contributed by atoms with Gasteiger partial charge in [0.15, 0.2) is 0 Å². The van der Waals surface area contributed by atoms with E-state index in [1.54, 1.807) is 30.3 Å². The molecule has 1 amide bonds. The Bertz CT molecular complexity index is 1000. The van der Waals surface area contributed by atoms with Crippen LogP contribution in [0.15, 0.2) is 47.4 Å². The predicted molar refractivity (Wildman–Crippen MR) is 116 cm³/mol. The largest absolute Gasteiger partial charge is 0.297 e. The molecule has 1 aliphatic rings. The molecule has 2 aromatic rings. The molecular formula is C19H20Cl3N3O3S. The molecule has 0 saturated carbocycles. The maximum atomic E-state index is 12.9. The van der Waals surface area contributed by atoms with Gasteiger partial charge in [-0.15, -0.1) is 0 Å². The van der Waals surface area contributed by atoms with Gasteiger partial charge >= 0.3 is 0 Å². The Kier molecular flexibility index (Phi) is 7.29. The zero-order chi connectivity index (χ0) is 21.0. The highest BCUT2D eigenvalue weighted by molar-refractivity contribution is 7.89. The van der Waals surface area contributed by atoms with E-state index in [-0.39, 0.29) is 29.7 Å². The number of carbonyl (C=O) groups is 1. The number of hydrogen-bond donors (Lipinski definition) is 2. The van der Waals surface area contributed by atoms with Gasteiger partial charge in [0.05, 0.1) is 15.6 Å². The van der Waals surface area contributed by atoms with Gasteiger partial charge in [-0.05, 0) is 55.2 Å². The number of rotatable bonds is 6. The van der Waals surface area contributed by atoms with E-state index in [0.717, 1.165) is 6.42 Å². The van der Waals surface area contributed by atoms with E-state index in [2.05, 4.69) is 10.9 Å². The number of hydrazine groups is 1. The van der Waals surface area contributed by atoms with Crippen molar-refractivity contribution in [2.24, 2.45) is 5.92 Å². The summed E-state index contributed by atoms with van der Waals surface area (Å²) in [7, 11) is -3.65. The second kappa shape index (κ2) is 9.53. The van der Waals surface area contributed by atoms with Crippen molar-refractivity contribution in [2.45, 2.75) is 24.2 Å². The average molecular weight is 477 g/mol. The molecule has 6 nitrogen and oxygen atoms in total. The fourth-order valence-electron chi connectivity index (χ4n) is 3.23. The van der Waals surface area contributed by atoms with Gasteiger partial charge in [-0.2, -0.15) is 4.31 Å². The Morgan fingerprint density at radius 2 is 1.86 bits per heavy atom. The number of amides is 1. The smallest absolute Gasteiger partial charge is 0.243 e. The minimum Gasteiger partial charge on any atom is -0.297 e. The second-order valence-corrected chi connectivity index (χ2v) is 10.0. The molecule has 2 N–H and O–H groups in total. The molecule has 1 aliphatic heterocycles. The summed E-state index contributed by atoms with van der Waals surface area (Å²) < 4.78 is 27.2. The third-order valence-corrected chi connectivity index (χ3v) is 7.30. The Hall–Kier alpha value is -1.51. The standard InChI is InChI=1S/C19H20Cl3N3O3S/c20-14-4-1-5-16(10-14)29(27,28)25-8-2-3-13(12-25)9-19(26)24-23-18-7-6-15(21)11-17(18)22/h1,4-7,10-11,13,23H,2-3,8-9,12H2,(H,24,26). The van der Waals surface area contributed by atoms with E-state index in [1.807, 2.05) is 0 Å². The van der Waals surface area contributed by atoms with Crippen LogP contribution in [-0.2, 0) is 14.8 Å². The van der Waals surface area contributed by atoms with Gasteiger partial charge in [0.2, 0.25) is 15.9 Å². The van der Waals surface area contributed by atoms with E-state index < -0.39 is 10.0 Å². The fraction of sp³-hybridized carbons (Fsp3) is 0.316. The van der Waals surface area contributed by atoms with Crippen molar-refractivity contribution in [1.29, 1.82) is 0 Å². The predicted octanol–water partition coefficient (Wildman–Crippen LogP) is 4.58. The lowest BCUT2D eigenvalue weighted by atomic mass is 9.96. The molecule has 1 heterocycles. The number of halogens is 3. The van der Waals surface area contributed by atoms with Gasteiger partial charge in [0.25, 0.3) is 0 Å². The Morgan fingerprint density at radius 3 is 2.59 bits per heavy atom. The molecule has 1 fully saturated rings. The maximum absolute atomic E-state index is 12.9. The first-order valence-electron chi connectivity index (χ1n) is 9.01. The Labute approximate surface area is 185 Å². The number of sulfonamides is 1. The molecule has 0 bridgehead atoms. The summed E-state index contributed by atoms with van der Waals surface area (Å²) in [6.07, 6.45) is 1.66. The number of carbonyl (C=O) groups excluding carboxylic acids is 1. The van der Waals surface area contributed by atoms with Gasteiger partial charge in [-0.1, -0.05) is 40.9 Å². The molecule has 0 radical (unpaired) electrons. The van der Waals surface area contributed by atoms with Crippen molar-refractivity contribution in [3.05, 3.63) is 57.5 Å². The summed E-state index contributed by atoms with van der Waals surface area (Å²) in [4.78, 5) is 12.5. The molecule has 0 spiro atoms. The van der Waals surface area contributed by atoms with E-state index in [1.165, 1.54) is 16.4 Å². The van der Waals surface area contributed by atoms with Crippen LogP contribution < -0.4 is 10.9 Å². The van der Waals surface area contributed by atoms with Crippen molar-refractivity contribution in [1.82, 2.24) is 9.73 Å². The normalized spacial score (nSPS) is 17.7. The molecule has 1 saturated heterocycles. The molecule has 3 rings (SSSR count). The Balaban J connectivity index is 1.58. The highest BCUT2D eigenvalue weighted by atomic mass is 35.5. The molecule has 0 aromatic heterocycles. The molecule has 1 atom stereocenters. The Morgan fingerprint density at radius 1 is 1.10 bits per heavy atom. The first-order valence-corrected chi connectivity index (χ1v) is 11.6. The van der Waals surface area contributed by atoms with Crippen LogP contribution in [0.2, 0.25) is 15.1 Å². The quantitative estimate of drug-likeness (QED) is 0.598. The van der Waals surface area contributed by atoms with Crippen LogP contribution in [0.3, 0.4) is 0 Å². The topological polar surface area (TPSA) is 78.5 Å². The van der Waals surface area contributed by atoms with Crippen molar-refractivity contribution in [3.8, 4) is 0 Å². The highest BCUT2D eigenvalue weighted by Gasteiger charge is 2.31. The SMILES string of the molecule is O=C(CC1CCCN(S(=O)(=O)c2cccc(Cl)c2)C1)NNc1ccc(Cl)cc1Cl. The van der Waals surface area contributed by atoms with E-state index in [0.29, 0.717) is 33.7 Å². The van der Waals surface area contributed by atoms with Crippen molar-refractivity contribution < 1.29 is 13.2 Å². The van der Waals surface area contributed by atoms with Gasteiger partial charge in [-0.25, -0.2) is 8.42 Å². The minimum atomic E-state index is -3.65. The first kappa shape index (κ1) is 22.2. The number of hydrogen-bond acceptors (Lipinski definition) is 4. The maximum Gasteiger partial charge on any atom is 0.243 e. The molecular weight excluding hydrogens is 457 g/mol. The van der Waals surface area contributed by atoms with Gasteiger partial charge in [0, 0.05) is 29.6 Å². The molecule has 10 heteroatoms. The zero-order valence-electron chi connectivity index (χ0n) is 15.4. The molecule has 2 aromatic carbocycles. The van der Waals surface area contributed by atoms with Crippen molar-refractivity contribution >= 4 is 56.4 Å². The van der Waals surface area contributed by atoms with Crippen LogP contribution in [0.25, 0.3) is 0 Å². The van der Waals surface area contributed by atoms with Crippen LogP contribution in [0.4, 0.5) is 5.69 Å². The summed E-state index contributed by atoms with van der Waals surface area (Å²) in [5.41, 5.74) is 5.89. The highest BCUT2D eigenvalue weighted by Crippen LogP contribution is 2.27. The lowest BCUT2D eigenvalue weighted by molar-refractivity contribution is -0.121. The van der Waals surface area contributed by atoms with Crippen LogP contribution in [0.1, 0.15) is 19.3 Å². The summed E-state index contributed by atoms with van der Waals surface area (Å²) in [6.45, 7) is 0.704. The van der Waals surface area contributed by atoms with E-state index >= 15 is 0 Å². The van der Waals surface area contributed by atoms with Crippen molar-refractivity contribution in [3.63, 3.8) is 0 Å². The summed E-state index contributed by atoms with van der Waals surface area (Å²) in [6, 6.07) is 11.1. The molecule has 1 unspecified atom stereocenters. The molecule has 0 aliphatic carbocycles. The van der Waals surface area contributed by atoms with Crippen LogP contribution in [0.5, 0.6) is 0 Å². The van der Waals surface area contributed by atoms with Gasteiger partial charge in [0.1, 0.15) is 0 Å². The van der Waals surface area contributed by atoms with Crippen LogP contribution in [0, 0.1) is 5.92 Å². The number of piperidine rings is 1. The zero-order valence-corrected chi connectivity index (χ0v) is 18.5. The monoisotopic (exact) mass is 475 g/mol. The van der Waals surface area contributed by atoms with E-state index in [9.17, 15) is 13.2 Å².